The van der Waals surface area contributed by atoms with Crippen LogP contribution in [0, 0.1) is 0 Å². The second kappa shape index (κ2) is 11.1. The minimum absolute atomic E-state index is 0.0379. The molecule has 0 heterocycles. The Morgan fingerprint density at radius 1 is 0.933 bits per heavy atom. The van der Waals surface area contributed by atoms with E-state index in [0.717, 1.165) is 5.56 Å². The molecule has 5 nitrogen and oxygen atoms in total. The molecule has 2 aromatic rings. The third-order valence-corrected chi connectivity index (χ3v) is 6.51. The zero-order valence-corrected chi connectivity index (χ0v) is 19.1. The molecule has 1 fully saturated rings. The van der Waals surface area contributed by atoms with Gasteiger partial charge in [-0.1, -0.05) is 40.9 Å². The summed E-state index contributed by atoms with van der Waals surface area (Å²) in [7, 11) is 0. The van der Waals surface area contributed by atoms with Crippen molar-refractivity contribution in [2.24, 2.45) is 0 Å². The number of amides is 2. The average molecular weight is 488 g/mol. The number of ether oxygens (including phenoxy) is 1. The van der Waals surface area contributed by atoms with Crippen LogP contribution in [0.2, 0.25) is 15.1 Å². The summed E-state index contributed by atoms with van der Waals surface area (Å²) in [4.78, 5) is 24.1. The molecule has 1 saturated carbocycles. The highest BCUT2D eigenvalue weighted by atomic mass is 35.5. The fourth-order valence-corrected chi connectivity index (χ4v) is 4.69. The molecule has 160 valence electrons. The molecule has 3 rings (SSSR count). The Bertz CT molecular complexity index is 869. The molecule has 0 aliphatic heterocycles. The first-order valence-electron chi connectivity index (χ1n) is 9.38. The third-order valence-electron chi connectivity index (χ3n) is 4.59. The van der Waals surface area contributed by atoms with E-state index < -0.39 is 0 Å². The van der Waals surface area contributed by atoms with Crippen LogP contribution in [0.5, 0.6) is 5.75 Å². The van der Waals surface area contributed by atoms with Crippen LogP contribution in [0.1, 0.15) is 18.4 Å². The predicted molar refractivity (Wildman–Crippen MR) is 123 cm³/mol. The van der Waals surface area contributed by atoms with Gasteiger partial charge in [-0.25, -0.2) is 0 Å². The normalized spacial score (nSPS) is 17.7. The van der Waals surface area contributed by atoms with E-state index in [1.54, 1.807) is 42.5 Å². The van der Waals surface area contributed by atoms with Crippen molar-refractivity contribution in [2.75, 3.05) is 12.4 Å². The highest BCUT2D eigenvalue weighted by molar-refractivity contribution is 7.99. The number of thioether (sulfide) groups is 1. The molecule has 1 aliphatic carbocycles. The lowest BCUT2D eigenvalue weighted by Crippen LogP contribution is -2.54. The minimum Gasteiger partial charge on any atom is -0.484 e. The average Bonchev–Trinajstić information content (AvgIpc) is 2.68. The van der Waals surface area contributed by atoms with Gasteiger partial charge < -0.3 is 15.4 Å². The summed E-state index contributed by atoms with van der Waals surface area (Å²) >= 11 is 19.5. The monoisotopic (exact) mass is 486 g/mol. The van der Waals surface area contributed by atoms with Crippen molar-refractivity contribution in [3.05, 3.63) is 63.1 Å². The maximum Gasteiger partial charge on any atom is 0.258 e. The van der Waals surface area contributed by atoms with Gasteiger partial charge in [0.15, 0.2) is 6.61 Å². The third kappa shape index (κ3) is 6.98. The summed E-state index contributed by atoms with van der Waals surface area (Å²) in [5.74, 6) is 1.26. The number of benzene rings is 2. The molecular formula is C21H21Cl3N2O3S. The van der Waals surface area contributed by atoms with Crippen molar-refractivity contribution in [1.29, 1.82) is 0 Å². The summed E-state index contributed by atoms with van der Waals surface area (Å²) in [6.45, 7) is -0.0591. The summed E-state index contributed by atoms with van der Waals surface area (Å²) in [5.41, 5.74) is 0.839. The van der Waals surface area contributed by atoms with Crippen LogP contribution in [0.4, 0.5) is 0 Å². The van der Waals surface area contributed by atoms with Gasteiger partial charge in [0, 0.05) is 32.9 Å². The van der Waals surface area contributed by atoms with Crippen molar-refractivity contribution in [1.82, 2.24) is 10.6 Å². The standard InChI is InChI=1S/C21H21Cl3N2O3S/c22-13-4-6-16(7-5-13)29-10-20(27)25-14-8-15(9-14)26-21(28)12-30-11-17-18(23)2-1-3-19(17)24/h1-7,14-15H,8-12H2,(H,25,27)(H,26,28). The van der Waals surface area contributed by atoms with Crippen molar-refractivity contribution in [3.8, 4) is 5.75 Å². The van der Waals surface area contributed by atoms with Crippen LogP contribution in [0.15, 0.2) is 42.5 Å². The van der Waals surface area contributed by atoms with Crippen LogP contribution in [-0.2, 0) is 15.3 Å². The van der Waals surface area contributed by atoms with E-state index in [2.05, 4.69) is 10.6 Å². The van der Waals surface area contributed by atoms with Gasteiger partial charge in [0.25, 0.3) is 5.91 Å². The molecule has 0 aromatic heterocycles. The van der Waals surface area contributed by atoms with Crippen LogP contribution in [-0.4, -0.2) is 36.3 Å². The number of rotatable bonds is 9. The lowest BCUT2D eigenvalue weighted by atomic mass is 9.86. The second-order valence-electron chi connectivity index (χ2n) is 6.94. The summed E-state index contributed by atoms with van der Waals surface area (Å²) in [6.07, 6.45) is 1.42. The second-order valence-corrected chi connectivity index (χ2v) is 9.17. The molecule has 0 unspecified atom stereocenters. The highest BCUT2D eigenvalue weighted by Crippen LogP contribution is 2.28. The molecule has 1 aliphatic rings. The van der Waals surface area contributed by atoms with Crippen LogP contribution < -0.4 is 15.4 Å². The van der Waals surface area contributed by atoms with Crippen molar-refractivity contribution in [2.45, 2.75) is 30.7 Å². The number of carbonyl (C=O) groups excluding carboxylic acids is 2. The molecule has 0 radical (unpaired) electrons. The molecule has 0 saturated heterocycles. The SMILES string of the molecule is O=C(COc1ccc(Cl)cc1)NC1CC(NC(=O)CSCc2c(Cl)cccc2Cl)C1. The van der Waals surface area contributed by atoms with Gasteiger partial charge >= 0.3 is 0 Å². The molecule has 2 aromatic carbocycles. The van der Waals surface area contributed by atoms with E-state index >= 15 is 0 Å². The number of nitrogens with one attached hydrogen (secondary N) is 2. The Hall–Kier alpha value is -1.60. The maximum absolute atomic E-state index is 12.1. The van der Waals surface area contributed by atoms with E-state index in [1.807, 2.05) is 0 Å². The molecule has 0 bridgehead atoms. The number of hydrogen-bond acceptors (Lipinski definition) is 4. The smallest absolute Gasteiger partial charge is 0.258 e. The van der Waals surface area contributed by atoms with Gasteiger partial charge in [0.05, 0.1) is 5.75 Å². The fraction of sp³-hybridized carbons (Fsp3) is 0.333. The first-order chi connectivity index (χ1) is 14.4. The van der Waals surface area contributed by atoms with Crippen molar-refractivity contribution in [3.63, 3.8) is 0 Å². The van der Waals surface area contributed by atoms with Crippen molar-refractivity contribution < 1.29 is 14.3 Å². The lowest BCUT2D eigenvalue weighted by molar-refractivity contribution is -0.124. The Morgan fingerprint density at radius 3 is 2.17 bits per heavy atom. The van der Waals surface area contributed by atoms with Gasteiger partial charge in [0.1, 0.15) is 5.75 Å². The van der Waals surface area contributed by atoms with E-state index in [-0.39, 0.29) is 30.5 Å². The lowest BCUT2D eigenvalue weighted by Gasteiger charge is -2.36. The molecule has 30 heavy (non-hydrogen) atoms. The summed E-state index contributed by atoms with van der Waals surface area (Å²) in [6, 6.07) is 12.3. The van der Waals surface area contributed by atoms with Gasteiger partial charge in [-0.2, -0.15) is 0 Å². The first kappa shape index (κ1) is 23.1. The number of hydrogen-bond donors (Lipinski definition) is 2. The zero-order chi connectivity index (χ0) is 21.5. The fourth-order valence-electron chi connectivity index (χ4n) is 2.99. The van der Waals surface area contributed by atoms with Gasteiger partial charge in [0.2, 0.25) is 5.91 Å². The molecule has 0 atom stereocenters. The minimum atomic E-state index is -0.188. The maximum atomic E-state index is 12.1. The summed E-state index contributed by atoms with van der Waals surface area (Å²) in [5, 5.41) is 7.70. The van der Waals surface area contributed by atoms with E-state index in [0.29, 0.717) is 45.2 Å². The van der Waals surface area contributed by atoms with Crippen molar-refractivity contribution >= 4 is 58.4 Å². The van der Waals surface area contributed by atoms with Gasteiger partial charge in [-0.3, -0.25) is 9.59 Å². The Balaban J connectivity index is 1.28. The summed E-state index contributed by atoms with van der Waals surface area (Å²) < 4.78 is 5.42. The number of halogens is 3. The first-order valence-corrected chi connectivity index (χ1v) is 11.7. The molecule has 0 spiro atoms. The van der Waals surface area contributed by atoms with E-state index in [9.17, 15) is 9.59 Å². The Labute approximate surface area is 194 Å². The Kier molecular flexibility index (Phi) is 8.57. The number of carbonyl (C=O) groups is 2. The highest BCUT2D eigenvalue weighted by Gasteiger charge is 2.31. The zero-order valence-electron chi connectivity index (χ0n) is 16.0. The van der Waals surface area contributed by atoms with Crippen LogP contribution in [0.25, 0.3) is 0 Å². The Morgan fingerprint density at radius 2 is 1.53 bits per heavy atom. The molecule has 9 heteroatoms. The van der Waals surface area contributed by atoms with E-state index in [1.165, 1.54) is 11.8 Å². The van der Waals surface area contributed by atoms with Crippen LogP contribution in [0.3, 0.4) is 0 Å². The topological polar surface area (TPSA) is 67.4 Å². The largest absolute Gasteiger partial charge is 0.484 e. The quantitative estimate of drug-likeness (QED) is 0.537. The predicted octanol–water partition coefficient (Wildman–Crippen LogP) is 4.72. The van der Waals surface area contributed by atoms with E-state index in [4.69, 9.17) is 39.5 Å². The molecule has 2 amide bonds. The van der Waals surface area contributed by atoms with Gasteiger partial charge in [-0.05, 0) is 54.8 Å². The molecular weight excluding hydrogens is 467 g/mol. The molecule has 2 N–H and O–H groups in total. The van der Waals surface area contributed by atoms with Gasteiger partial charge in [-0.15, -0.1) is 11.8 Å². The van der Waals surface area contributed by atoms with Crippen LogP contribution >= 0.6 is 46.6 Å².